The maximum absolute atomic E-state index is 3.54. The zero-order valence-corrected chi connectivity index (χ0v) is 10.8. The van der Waals surface area contributed by atoms with Gasteiger partial charge in [-0.25, -0.2) is 0 Å². The van der Waals surface area contributed by atoms with E-state index in [1.165, 1.54) is 58.3 Å². The zero-order chi connectivity index (χ0) is 11.1. The number of unbranched alkanes of at least 4 members (excludes halogenated alkanes) is 2. The second-order valence-electron chi connectivity index (χ2n) is 5.79. The number of hydrogen-bond donors (Lipinski definition) is 1. The molecule has 0 atom stereocenters. The van der Waals surface area contributed by atoms with E-state index in [0.29, 0.717) is 0 Å². The Bertz CT molecular complexity index is 154. The van der Waals surface area contributed by atoms with Gasteiger partial charge < -0.3 is 10.2 Å². The van der Waals surface area contributed by atoms with Crippen LogP contribution in [0.4, 0.5) is 0 Å². The molecule has 0 spiro atoms. The summed E-state index contributed by atoms with van der Waals surface area (Å²) in [5, 5.41) is 3.54. The molecule has 1 aliphatic heterocycles. The Labute approximate surface area is 95.4 Å². The SMILES string of the molecule is CC(C)(C)NCCCCCN1CCCC1. The second kappa shape index (κ2) is 6.49. The second-order valence-corrected chi connectivity index (χ2v) is 5.79. The molecule has 2 heteroatoms. The summed E-state index contributed by atoms with van der Waals surface area (Å²) in [5.74, 6) is 0. The Kier molecular flexibility index (Phi) is 5.62. The maximum atomic E-state index is 3.54. The maximum Gasteiger partial charge on any atom is 0.00965 e. The van der Waals surface area contributed by atoms with Crippen LogP contribution in [0.1, 0.15) is 52.9 Å². The summed E-state index contributed by atoms with van der Waals surface area (Å²) in [6.07, 6.45) is 6.92. The Morgan fingerprint density at radius 2 is 1.67 bits per heavy atom. The molecule has 1 saturated heterocycles. The normalized spacial score (nSPS) is 18.6. The topological polar surface area (TPSA) is 15.3 Å². The van der Waals surface area contributed by atoms with Crippen LogP contribution in [-0.4, -0.2) is 36.6 Å². The molecule has 0 unspecified atom stereocenters. The van der Waals surface area contributed by atoms with Gasteiger partial charge in [0.25, 0.3) is 0 Å². The fourth-order valence-electron chi connectivity index (χ4n) is 2.11. The third-order valence-electron chi connectivity index (χ3n) is 3.01. The summed E-state index contributed by atoms with van der Waals surface area (Å²) in [4.78, 5) is 2.61. The predicted molar refractivity (Wildman–Crippen MR) is 67.3 cm³/mol. The van der Waals surface area contributed by atoms with Gasteiger partial charge >= 0.3 is 0 Å². The molecule has 1 aliphatic rings. The first-order valence-electron chi connectivity index (χ1n) is 6.55. The number of rotatable bonds is 6. The molecule has 0 bridgehead atoms. The van der Waals surface area contributed by atoms with Crippen LogP contribution in [0.15, 0.2) is 0 Å². The predicted octanol–water partition coefficient (Wildman–Crippen LogP) is 2.64. The molecule has 0 aromatic heterocycles. The van der Waals surface area contributed by atoms with Gasteiger partial charge in [0.2, 0.25) is 0 Å². The Hall–Kier alpha value is -0.0800. The summed E-state index contributed by atoms with van der Waals surface area (Å²) in [6.45, 7) is 11.9. The van der Waals surface area contributed by atoms with E-state index in [1.54, 1.807) is 0 Å². The number of nitrogens with one attached hydrogen (secondary N) is 1. The highest BCUT2D eigenvalue weighted by molar-refractivity contribution is 4.70. The van der Waals surface area contributed by atoms with E-state index in [1.807, 2.05) is 0 Å². The minimum Gasteiger partial charge on any atom is -0.312 e. The molecular formula is C13H28N2. The summed E-state index contributed by atoms with van der Waals surface area (Å²) in [5.41, 5.74) is 0.287. The van der Waals surface area contributed by atoms with Crippen molar-refractivity contribution < 1.29 is 0 Å². The lowest BCUT2D eigenvalue weighted by atomic mass is 10.1. The lowest BCUT2D eigenvalue weighted by molar-refractivity contribution is 0.326. The van der Waals surface area contributed by atoms with Crippen molar-refractivity contribution in [3.63, 3.8) is 0 Å². The van der Waals surface area contributed by atoms with Crippen molar-refractivity contribution in [3.8, 4) is 0 Å². The summed E-state index contributed by atoms with van der Waals surface area (Å²) < 4.78 is 0. The molecule has 1 rings (SSSR count). The molecule has 1 heterocycles. The molecule has 0 radical (unpaired) electrons. The van der Waals surface area contributed by atoms with Crippen molar-refractivity contribution in [1.29, 1.82) is 0 Å². The molecule has 0 aromatic carbocycles. The molecule has 90 valence electrons. The average molecular weight is 212 g/mol. The highest BCUT2D eigenvalue weighted by Gasteiger charge is 2.10. The van der Waals surface area contributed by atoms with E-state index < -0.39 is 0 Å². The van der Waals surface area contributed by atoms with E-state index in [-0.39, 0.29) is 5.54 Å². The van der Waals surface area contributed by atoms with Crippen LogP contribution >= 0.6 is 0 Å². The van der Waals surface area contributed by atoms with Crippen molar-refractivity contribution in [2.45, 2.75) is 58.4 Å². The summed E-state index contributed by atoms with van der Waals surface area (Å²) in [7, 11) is 0. The largest absolute Gasteiger partial charge is 0.312 e. The van der Waals surface area contributed by atoms with Crippen LogP contribution in [0.2, 0.25) is 0 Å². The van der Waals surface area contributed by atoms with E-state index in [0.717, 1.165) is 0 Å². The van der Waals surface area contributed by atoms with Crippen LogP contribution in [0.3, 0.4) is 0 Å². The van der Waals surface area contributed by atoms with Crippen molar-refractivity contribution in [2.75, 3.05) is 26.2 Å². The minimum absolute atomic E-state index is 0.287. The van der Waals surface area contributed by atoms with Crippen LogP contribution in [-0.2, 0) is 0 Å². The van der Waals surface area contributed by atoms with Gasteiger partial charge in [-0.3, -0.25) is 0 Å². The quantitative estimate of drug-likeness (QED) is 0.681. The van der Waals surface area contributed by atoms with Crippen LogP contribution in [0, 0.1) is 0 Å². The van der Waals surface area contributed by atoms with Gasteiger partial charge in [-0.1, -0.05) is 6.42 Å². The van der Waals surface area contributed by atoms with Gasteiger partial charge in [0, 0.05) is 5.54 Å². The smallest absolute Gasteiger partial charge is 0.00965 e. The van der Waals surface area contributed by atoms with Crippen LogP contribution < -0.4 is 5.32 Å². The molecule has 0 aromatic rings. The lowest BCUT2D eigenvalue weighted by Crippen LogP contribution is -2.36. The fraction of sp³-hybridized carbons (Fsp3) is 1.00. The summed E-state index contributed by atoms with van der Waals surface area (Å²) >= 11 is 0. The van der Waals surface area contributed by atoms with Crippen molar-refractivity contribution >= 4 is 0 Å². The summed E-state index contributed by atoms with van der Waals surface area (Å²) in [6, 6.07) is 0. The molecule has 0 aliphatic carbocycles. The Balaban J connectivity index is 1.84. The highest BCUT2D eigenvalue weighted by atomic mass is 15.1. The van der Waals surface area contributed by atoms with Crippen molar-refractivity contribution in [1.82, 2.24) is 10.2 Å². The third kappa shape index (κ3) is 6.91. The average Bonchev–Trinajstić information content (AvgIpc) is 2.61. The van der Waals surface area contributed by atoms with Crippen LogP contribution in [0.25, 0.3) is 0 Å². The van der Waals surface area contributed by atoms with Crippen molar-refractivity contribution in [2.24, 2.45) is 0 Å². The minimum atomic E-state index is 0.287. The van der Waals surface area contributed by atoms with E-state index in [2.05, 4.69) is 31.0 Å². The fourth-order valence-corrected chi connectivity index (χ4v) is 2.11. The first-order valence-corrected chi connectivity index (χ1v) is 6.55. The third-order valence-corrected chi connectivity index (χ3v) is 3.01. The number of hydrogen-bond acceptors (Lipinski definition) is 2. The Morgan fingerprint density at radius 3 is 2.27 bits per heavy atom. The van der Waals surface area contributed by atoms with Gasteiger partial charge in [-0.2, -0.15) is 0 Å². The molecule has 2 nitrogen and oxygen atoms in total. The molecule has 0 amide bonds. The first-order chi connectivity index (χ1) is 7.08. The van der Waals surface area contributed by atoms with Gasteiger partial charge in [0.1, 0.15) is 0 Å². The monoisotopic (exact) mass is 212 g/mol. The van der Waals surface area contributed by atoms with Crippen LogP contribution in [0.5, 0.6) is 0 Å². The first kappa shape index (κ1) is 13.0. The Morgan fingerprint density at radius 1 is 1.00 bits per heavy atom. The number of nitrogens with zero attached hydrogens (tertiary/aromatic N) is 1. The molecule has 0 saturated carbocycles. The van der Waals surface area contributed by atoms with E-state index in [9.17, 15) is 0 Å². The molecule has 1 fully saturated rings. The molecule has 1 N–H and O–H groups in total. The van der Waals surface area contributed by atoms with Gasteiger partial charge in [0.05, 0.1) is 0 Å². The lowest BCUT2D eigenvalue weighted by Gasteiger charge is -2.20. The van der Waals surface area contributed by atoms with E-state index in [4.69, 9.17) is 0 Å². The highest BCUT2D eigenvalue weighted by Crippen LogP contribution is 2.09. The van der Waals surface area contributed by atoms with E-state index >= 15 is 0 Å². The molecular weight excluding hydrogens is 184 g/mol. The van der Waals surface area contributed by atoms with Gasteiger partial charge in [-0.15, -0.1) is 0 Å². The zero-order valence-electron chi connectivity index (χ0n) is 10.8. The van der Waals surface area contributed by atoms with Gasteiger partial charge in [0.15, 0.2) is 0 Å². The molecule has 15 heavy (non-hydrogen) atoms. The van der Waals surface area contributed by atoms with Gasteiger partial charge in [-0.05, 0) is 72.6 Å². The number of likely N-dealkylation sites (tertiary alicyclic amines) is 1. The van der Waals surface area contributed by atoms with Crippen molar-refractivity contribution in [3.05, 3.63) is 0 Å². The standard InChI is InChI=1S/C13H28N2/c1-13(2,3)14-9-5-4-6-10-15-11-7-8-12-15/h14H,4-12H2,1-3H3.